The minimum absolute atomic E-state index is 0.644. The second-order valence-electron chi connectivity index (χ2n) is 4.51. The van der Waals surface area contributed by atoms with Gasteiger partial charge in [0.1, 0.15) is 5.69 Å². The smallest absolute Gasteiger partial charge is 0.187 e. The van der Waals surface area contributed by atoms with E-state index in [1.165, 1.54) is 0 Å². The molecule has 0 radical (unpaired) electrons. The van der Waals surface area contributed by atoms with Crippen LogP contribution >= 0.6 is 0 Å². The van der Waals surface area contributed by atoms with Gasteiger partial charge in [-0.25, -0.2) is 0 Å². The number of benzene rings is 2. The topological polar surface area (TPSA) is 38.9 Å². The third-order valence-corrected chi connectivity index (χ3v) is 3.00. The monoisotopic (exact) mass is 274 g/mol. The van der Waals surface area contributed by atoms with Crippen LogP contribution in [0.5, 0.6) is 0 Å². The molecular formula is C18H14N2O. The second-order valence-corrected chi connectivity index (χ2v) is 4.51. The standard InChI is InChI=1S/C18H14N2O/c1-3-7-15(8-4-1)11-13-17-18(21-20-19-17)14-12-16-9-5-2-6-10-16/h1-14H. The molecule has 102 valence electrons. The molecule has 0 saturated carbocycles. The van der Waals surface area contributed by atoms with Crippen molar-refractivity contribution in [1.82, 2.24) is 10.4 Å². The van der Waals surface area contributed by atoms with Crippen LogP contribution in [-0.2, 0) is 0 Å². The summed E-state index contributed by atoms with van der Waals surface area (Å²) in [6.45, 7) is 0. The molecule has 0 amide bonds. The fraction of sp³-hybridized carbons (Fsp3) is 0. The maximum atomic E-state index is 5.18. The van der Waals surface area contributed by atoms with Gasteiger partial charge in [0.2, 0.25) is 0 Å². The van der Waals surface area contributed by atoms with Gasteiger partial charge in [-0.3, -0.25) is 0 Å². The van der Waals surface area contributed by atoms with Crippen LogP contribution in [-0.4, -0.2) is 10.4 Å². The first-order chi connectivity index (χ1) is 10.4. The van der Waals surface area contributed by atoms with Gasteiger partial charge in [-0.1, -0.05) is 72.8 Å². The Kier molecular flexibility index (Phi) is 4.03. The molecule has 1 aromatic heterocycles. The fourth-order valence-corrected chi connectivity index (χ4v) is 1.91. The molecule has 0 saturated heterocycles. The zero-order chi connectivity index (χ0) is 14.3. The van der Waals surface area contributed by atoms with E-state index in [1.807, 2.05) is 85.0 Å². The first kappa shape index (κ1) is 13.1. The Labute approximate surface area is 123 Å². The van der Waals surface area contributed by atoms with Crippen molar-refractivity contribution in [3.05, 3.63) is 83.2 Å². The molecule has 3 heteroatoms. The number of rotatable bonds is 4. The van der Waals surface area contributed by atoms with E-state index in [-0.39, 0.29) is 0 Å². The highest BCUT2D eigenvalue weighted by Crippen LogP contribution is 2.14. The summed E-state index contributed by atoms with van der Waals surface area (Å²) < 4.78 is 5.18. The summed E-state index contributed by atoms with van der Waals surface area (Å²) in [5.74, 6) is 0.644. The predicted octanol–water partition coefficient (Wildman–Crippen LogP) is 4.41. The minimum atomic E-state index is 0.644. The summed E-state index contributed by atoms with van der Waals surface area (Å²) >= 11 is 0. The lowest BCUT2D eigenvalue weighted by Crippen LogP contribution is -1.77. The molecule has 0 N–H and O–H groups in total. The van der Waals surface area contributed by atoms with E-state index in [1.54, 1.807) is 0 Å². The van der Waals surface area contributed by atoms with Gasteiger partial charge in [-0.2, -0.15) is 0 Å². The van der Waals surface area contributed by atoms with Crippen molar-refractivity contribution in [3.8, 4) is 0 Å². The summed E-state index contributed by atoms with van der Waals surface area (Å²) in [4.78, 5) is 0. The summed E-state index contributed by atoms with van der Waals surface area (Å²) in [6.07, 6.45) is 7.73. The Balaban J connectivity index is 1.78. The number of hydrogen-bond acceptors (Lipinski definition) is 3. The fourth-order valence-electron chi connectivity index (χ4n) is 1.91. The van der Waals surface area contributed by atoms with Crippen molar-refractivity contribution in [1.29, 1.82) is 0 Å². The van der Waals surface area contributed by atoms with Crippen LogP contribution < -0.4 is 0 Å². The average Bonchev–Trinajstić information content (AvgIpc) is 3.00. The van der Waals surface area contributed by atoms with Gasteiger partial charge in [0.05, 0.1) is 0 Å². The van der Waals surface area contributed by atoms with Crippen LogP contribution in [0.2, 0.25) is 0 Å². The maximum Gasteiger partial charge on any atom is 0.187 e. The molecule has 0 aliphatic rings. The Morgan fingerprint density at radius 3 is 1.86 bits per heavy atom. The van der Waals surface area contributed by atoms with E-state index in [4.69, 9.17) is 4.52 Å². The zero-order valence-corrected chi connectivity index (χ0v) is 11.4. The number of nitrogens with zero attached hydrogens (tertiary/aromatic N) is 2. The molecule has 0 unspecified atom stereocenters. The van der Waals surface area contributed by atoms with Crippen molar-refractivity contribution in [2.24, 2.45) is 0 Å². The molecule has 0 fully saturated rings. The van der Waals surface area contributed by atoms with Gasteiger partial charge in [0, 0.05) is 5.27 Å². The van der Waals surface area contributed by atoms with Crippen molar-refractivity contribution < 1.29 is 4.52 Å². The molecule has 1 heterocycles. The Morgan fingerprint density at radius 2 is 1.24 bits per heavy atom. The van der Waals surface area contributed by atoms with Crippen molar-refractivity contribution in [3.63, 3.8) is 0 Å². The van der Waals surface area contributed by atoms with Gasteiger partial charge >= 0.3 is 0 Å². The quantitative estimate of drug-likeness (QED) is 0.707. The highest BCUT2D eigenvalue weighted by molar-refractivity contribution is 5.75. The van der Waals surface area contributed by atoms with Crippen LogP contribution in [0.3, 0.4) is 0 Å². The molecule has 0 atom stereocenters. The molecule has 2 aromatic carbocycles. The Bertz CT molecular complexity index is 679. The summed E-state index contributed by atoms with van der Waals surface area (Å²) in [6, 6.07) is 20.1. The number of hydrogen-bond donors (Lipinski definition) is 0. The van der Waals surface area contributed by atoms with Crippen LogP contribution in [0.25, 0.3) is 24.3 Å². The molecule has 3 aromatic rings. The van der Waals surface area contributed by atoms with E-state index < -0.39 is 0 Å². The molecule has 0 aliphatic heterocycles. The van der Waals surface area contributed by atoms with Gasteiger partial charge in [0.25, 0.3) is 0 Å². The largest absolute Gasteiger partial charge is 0.337 e. The lowest BCUT2D eigenvalue weighted by atomic mass is 10.1. The lowest BCUT2D eigenvalue weighted by Gasteiger charge is -1.91. The van der Waals surface area contributed by atoms with Gasteiger partial charge < -0.3 is 4.52 Å². The average molecular weight is 274 g/mol. The Hall–Kier alpha value is -2.94. The van der Waals surface area contributed by atoms with Gasteiger partial charge in [-0.05, 0) is 23.3 Å². The molecule has 0 aliphatic carbocycles. The SMILES string of the molecule is C(=Cc1nnoc1C=Cc1ccccc1)c1ccccc1. The second kappa shape index (κ2) is 6.48. The molecule has 0 bridgehead atoms. The predicted molar refractivity (Wildman–Crippen MR) is 85.0 cm³/mol. The Morgan fingerprint density at radius 1 is 0.667 bits per heavy atom. The first-order valence-electron chi connectivity index (χ1n) is 6.70. The molecule has 0 spiro atoms. The molecular weight excluding hydrogens is 260 g/mol. The summed E-state index contributed by atoms with van der Waals surface area (Å²) in [5, 5.41) is 7.61. The summed E-state index contributed by atoms with van der Waals surface area (Å²) in [7, 11) is 0. The van der Waals surface area contributed by atoms with E-state index in [0.717, 1.165) is 11.1 Å². The third kappa shape index (κ3) is 3.54. The molecule has 21 heavy (non-hydrogen) atoms. The van der Waals surface area contributed by atoms with Crippen LogP contribution in [0, 0.1) is 0 Å². The van der Waals surface area contributed by atoms with Gasteiger partial charge in [-0.15, -0.1) is 5.10 Å². The number of aromatic nitrogens is 2. The first-order valence-corrected chi connectivity index (χ1v) is 6.70. The van der Waals surface area contributed by atoms with Crippen LogP contribution in [0.15, 0.2) is 65.2 Å². The maximum absolute atomic E-state index is 5.18. The van der Waals surface area contributed by atoms with Crippen LogP contribution in [0.4, 0.5) is 0 Å². The van der Waals surface area contributed by atoms with E-state index in [0.29, 0.717) is 11.5 Å². The van der Waals surface area contributed by atoms with Gasteiger partial charge in [0.15, 0.2) is 5.76 Å². The third-order valence-electron chi connectivity index (χ3n) is 3.00. The van der Waals surface area contributed by atoms with E-state index in [2.05, 4.69) is 10.4 Å². The van der Waals surface area contributed by atoms with Crippen molar-refractivity contribution in [2.75, 3.05) is 0 Å². The highest BCUT2D eigenvalue weighted by atomic mass is 16.5. The molecule has 3 nitrogen and oxygen atoms in total. The van der Waals surface area contributed by atoms with E-state index in [9.17, 15) is 0 Å². The zero-order valence-electron chi connectivity index (χ0n) is 11.4. The molecule has 3 rings (SSSR count). The minimum Gasteiger partial charge on any atom is -0.337 e. The summed E-state index contributed by atoms with van der Waals surface area (Å²) in [5.41, 5.74) is 2.93. The van der Waals surface area contributed by atoms with Crippen molar-refractivity contribution >= 4 is 24.3 Å². The highest BCUT2D eigenvalue weighted by Gasteiger charge is 2.03. The lowest BCUT2D eigenvalue weighted by molar-refractivity contribution is 0.387. The van der Waals surface area contributed by atoms with Crippen molar-refractivity contribution in [2.45, 2.75) is 0 Å². The van der Waals surface area contributed by atoms with Crippen LogP contribution in [0.1, 0.15) is 22.6 Å². The van der Waals surface area contributed by atoms with E-state index >= 15 is 0 Å². The normalized spacial score (nSPS) is 11.4.